The van der Waals surface area contributed by atoms with E-state index in [1.54, 1.807) is 0 Å². The first-order chi connectivity index (χ1) is 10.9. The maximum Gasteiger partial charge on any atom is 0.313 e. The molecule has 0 aromatic heterocycles. The molecule has 1 atom stereocenters. The number of carbonyl (C=O) groups is 1. The molecule has 0 amide bonds. The fourth-order valence-electron chi connectivity index (χ4n) is 2.45. The van der Waals surface area contributed by atoms with E-state index in [-0.39, 0.29) is 17.5 Å². The fourth-order valence-corrected chi connectivity index (χ4v) is 2.45. The smallest absolute Gasteiger partial charge is 0.313 e. The maximum absolute atomic E-state index is 12.3. The Hall–Kier alpha value is -2.03. The van der Waals surface area contributed by atoms with Crippen molar-refractivity contribution in [3.8, 4) is 5.75 Å². The number of ether oxygens (including phenoxy) is 2. The second-order valence-electron chi connectivity index (χ2n) is 8.24. The van der Waals surface area contributed by atoms with Crippen LogP contribution in [0.3, 0.4) is 0 Å². The summed E-state index contributed by atoms with van der Waals surface area (Å²) in [5.74, 6) is 0.358. The van der Waals surface area contributed by atoms with Crippen LogP contribution in [0.5, 0.6) is 5.75 Å². The van der Waals surface area contributed by atoms with Crippen LogP contribution in [0.25, 0.3) is 10.8 Å². The van der Waals surface area contributed by atoms with Crippen molar-refractivity contribution in [3.05, 3.63) is 42.0 Å². The van der Waals surface area contributed by atoms with Gasteiger partial charge in [0, 0.05) is 0 Å². The molecule has 0 N–H and O–H groups in total. The summed E-state index contributed by atoms with van der Waals surface area (Å²) in [5.41, 5.74) is 0.265. The van der Waals surface area contributed by atoms with Crippen LogP contribution in [0.1, 0.15) is 59.9 Å². The van der Waals surface area contributed by atoms with Crippen molar-refractivity contribution in [1.82, 2.24) is 0 Å². The van der Waals surface area contributed by atoms with Crippen LogP contribution in [0.2, 0.25) is 0 Å². The van der Waals surface area contributed by atoms with Crippen LogP contribution in [0, 0.1) is 0 Å². The van der Waals surface area contributed by atoms with Gasteiger partial charge < -0.3 is 9.47 Å². The van der Waals surface area contributed by atoms with E-state index in [9.17, 15) is 4.79 Å². The number of benzene rings is 2. The van der Waals surface area contributed by atoms with Gasteiger partial charge in [-0.25, -0.2) is 0 Å². The van der Waals surface area contributed by atoms with Crippen molar-refractivity contribution in [2.75, 3.05) is 0 Å². The van der Waals surface area contributed by atoms with Gasteiger partial charge in [0.1, 0.15) is 17.0 Å². The lowest BCUT2D eigenvalue weighted by molar-refractivity contribution is -0.156. The molecule has 24 heavy (non-hydrogen) atoms. The van der Waals surface area contributed by atoms with Crippen molar-refractivity contribution in [2.24, 2.45) is 0 Å². The molecule has 0 spiro atoms. The summed E-state index contributed by atoms with van der Waals surface area (Å²) in [6.07, 6.45) is 0. The monoisotopic (exact) mass is 328 g/mol. The lowest BCUT2D eigenvalue weighted by Crippen LogP contribution is -2.26. The predicted octanol–water partition coefficient (Wildman–Crippen LogP) is 5.46. The number of hydrogen-bond donors (Lipinski definition) is 0. The summed E-state index contributed by atoms with van der Waals surface area (Å²) in [4.78, 5) is 12.3. The largest absolute Gasteiger partial charge is 0.488 e. The molecular weight excluding hydrogens is 300 g/mol. The van der Waals surface area contributed by atoms with Crippen LogP contribution in [-0.4, -0.2) is 17.2 Å². The van der Waals surface area contributed by atoms with Crippen LogP contribution in [0.4, 0.5) is 0 Å². The van der Waals surface area contributed by atoms with Gasteiger partial charge in [-0.15, -0.1) is 0 Å². The van der Waals surface area contributed by atoms with Crippen molar-refractivity contribution in [2.45, 2.75) is 65.6 Å². The summed E-state index contributed by atoms with van der Waals surface area (Å²) < 4.78 is 11.4. The van der Waals surface area contributed by atoms with Gasteiger partial charge in [0.25, 0.3) is 0 Å². The van der Waals surface area contributed by atoms with E-state index in [1.165, 1.54) is 0 Å². The van der Waals surface area contributed by atoms with Crippen molar-refractivity contribution in [1.29, 1.82) is 0 Å². The Balaban J connectivity index is 2.25. The second-order valence-corrected chi connectivity index (χ2v) is 8.24. The van der Waals surface area contributed by atoms with E-state index in [1.807, 2.05) is 84.9 Å². The lowest BCUT2D eigenvalue weighted by Gasteiger charge is -2.23. The van der Waals surface area contributed by atoms with Crippen LogP contribution in [0.15, 0.2) is 36.4 Å². The molecule has 1 unspecified atom stereocenters. The zero-order chi connectivity index (χ0) is 18.1. The minimum atomic E-state index is -0.471. The van der Waals surface area contributed by atoms with Crippen molar-refractivity contribution >= 4 is 16.7 Å². The summed E-state index contributed by atoms with van der Waals surface area (Å²) in [7, 11) is 0. The molecular formula is C21H28O3. The molecule has 0 saturated heterocycles. The summed E-state index contributed by atoms with van der Waals surface area (Å²) in [6.45, 7) is 13.6. The average molecular weight is 328 g/mol. The molecule has 2 aromatic carbocycles. The van der Waals surface area contributed by atoms with E-state index < -0.39 is 5.60 Å². The Morgan fingerprint density at radius 3 is 2.04 bits per heavy atom. The van der Waals surface area contributed by atoms with Gasteiger partial charge in [0.2, 0.25) is 0 Å². The normalized spacial score (nSPS) is 13.6. The minimum Gasteiger partial charge on any atom is -0.488 e. The zero-order valence-electron chi connectivity index (χ0n) is 15.8. The van der Waals surface area contributed by atoms with Crippen LogP contribution < -0.4 is 4.74 Å². The molecule has 0 aliphatic carbocycles. The van der Waals surface area contributed by atoms with Crippen LogP contribution in [-0.2, 0) is 9.53 Å². The molecule has 0 bridgehead atoms. The van der Waals surface area contributed by atoms with E-state index >= 15 is 0 Å². The standard InChI is InChI=1S/C21H28O3/c1-14(19(22)24-21(5,6)7)15-8-9-17-13-18(23-20(2,3)4)11-10-16(17)12-15/h8-14H,1-7H3. The number of rotatable bonds is 3. The summed E-state index contributed by atoms with van der Waals surface area (Å²) in [6, 6.07) is 12.1. The highest BCUT2D eigenvalue weighted by molar-refractivity contribution is 5.86. The van der Waals surface area contributed by atoms with Gasteiger partial charge >= 0.3 is 5.97 Å². The fraction of sp³-hybridized carbons (Fsp3) is 0.476. The lowest BCUT2D eigenvalue weighted by atomic mass is 9.97. The zero-order valence-corrected chi connectivity index (χ0v) is 15.8. The molecule has 0 fully saturated rings. The first-order valence-electron chi connectivity index (χ1n) is 8.40. The summed E-state index contributed by atoms with van der Waals surface area (Å²) >= 11 is 0. The molecule has 0 saturated carbocycles. The van der Waals surface area contributed by atoms with Crippen molar-refractivity contribution < 1.29 is 14.3 Å². The quantitative estimate of drug-likeness (QED) is 0.702. The third-order valence-corrected chi connectivity index (χ3v) is 3.52. The van der Waals surface area contributed by atoms with Gasteiger partial charge in [-0.1, -0.05) is 24.3 Å². The molecule has 2 rings (SSSR count). The topological polar surface area (TPSA) is 35.5 Å². The Labute approximate surface area is 145 Å². The summed E-state index contributed by atoms with van der Waals surface area (Å²) in [5, 5.41) is 2.18. The number of hydrogen-bond acceptors (Lipinski definition) is 3. The predicted molar refractivity (Wildman–Crippen MR) is 98.6 cm³/mol. The Kier molecular flexibility index (Phi) is 4.93. The van der Waals surface area contributed by atoms with E-state index in [0.717, 1.165) is 22.1 Å². The van der Waals surface area contributed by atoms with Gasteiger partial charge in [0.15, 0.2) is 0 Å². The van der Waals surface area contributed by atoms with Crippen molar-refractivity contribution in [3.63, 3.8) is 0 Å². The highest BCUT2D eigenvalue weighted by atomic mass is 16.6. The Bertz CT molecular complexity index is 733. The molecule has 3 heteroatoms. The molecule has 2 aromatic rings. The van der Waals surface area contributed by atoms with Gasteiger partial charge in [-0.3, -0.25) is 4.79 Å². The van der Waals surface area contributed by atoms with E-state index in [2.05, 4.69) is 0 Å². The molecule has 0 aliphatic rings. The van der Waals surface area contributed by atoms with Gasteiger partial charge in [-0.05, 0) is 76.9 Å². The number of fused-ring (bicyclic) bond motifs is 1. The number of esters is 1. The third kappa shape index (κ3) is 4.98. The Morgan fingerprint density at radius 1 is 0.875 bits per heavy atom. The van der Waals surface area contributed by atoms with Gasteiger partial charge in [0.05, 0.1) is 5.92 Å². The SMILES string of the molecule is CC(C(=O)OC(C)(C)C)c1ccc2cc(OC(C)(C)C)ccc2c1. The van der Waals surface area contributed by atoms with Crippen LogP contribution >= 0.6 is 0 Å². The third-order valence-electron chi connectivity index (χ3n) is 3.52. The van der Waals surface area contributed by atoms with E-state index in [0.29, 0.717) is 0 Å². The maximum atomic E-state index is 12.3. The number of carbonyl (C=O) groups excluding carboxylic acids is 1. The molecule has 130 valence electrons. The molecule has 0 radical (unpaired) electrons. The highest BCUT2D eigenvalue weighted by Gasteiger charge is 2.23. The molecule has 0 aliphatic heterocycles. The minimum absolute atomic E-state index is 0.200. The first kappa shape index (κ1) is 18.3. The first-order valence-corrected chi connectivity index (χ1v) is 8.40. The van der Waals surface area contributed by atoms with E-state index in [4.69, 9.17) is 9.47 Å². The molecule has 3 nitrogen and oxygen atoms in total. The highest BCUT2D eigenvalue weighted by Crippen LogP contribution is 2.28. The average Bonchev–Trinajstić information content (AvgIpc) is 2.42. The molecule has 0 heterocycles. The second kappa shape index (κ2) is 6.46. The van der Waals surface area contributed by atoms with Gasteiger partial charge in [-0.2, -0.15) is 0 Å². The Morgan fingerprint density at radius 2 is 1.46 bits per heavy atom.